The van der Waals surface area contributed by atoms with E-state index in [1.165, 1.54) is 44.9 Å². The van der Waals surface area contributed by atoms with Gasteiger partial charge in [0.05, 0.1) is 0 Å². The Labute approximate surface area is 144 Å². The van der Waals surface area contributed by atoms with E-state index in [4.69, 9.17) is 0 Å². The zero-order valence-electron chi connectivity index (χ0n) is 16.0. The highest BCUT2D eigenvalue weighted by molar-refractivity contribution is 5.29. The fourth-order valence-electron chi connectivity index (χ4n) is 6.88. The third-order valence-corrected chi connectivity index (χ3v) is 7.50. The number of rotatable bonds is 4. The van der Waals surface area contributed by atoms with Gasteiger partial charge in [0, 0.05) is 0 Å². The molecule has 2 bridgehead atoms. The third kappa shape index (κ3) is 2.77. The Kier molecular flexibility index (Phi) is 4.40. The van der Waals surface area contributed by atoms with Crippen LogP contribution in [0.2, 0.25) is 0 Å². The molecule has 2 fully saturated rings. The van der Waals surface area contributed by atoms with Crippen LogP contribution in [-0.4, -0.2) is 0 Å². The van der Waals surface area contributed by atoms with E-state index in [1.807, 2.05) is 0 Å². The van der Waals surface area contributed by atoms with Crippen molar-refractivity contribution in [3.8, 4) is 0 Å². The standard InChI is InChI=1S/C23H36/c1-6-13-23(7-2)18(3)14-22(19-11-9-8-10-12-19)16-20(23)15-21(4,5)17-22/h8-12,18,20H,6-7,13-17H2,1-5H3. The molecule has 0 spiro atoms. The number of hydrogen-bond acceptors (Lipinski definition) is 0. The van der Waals surface area contributed by atoms with Gasteiger partial charge in [-0.15, -0.1) is 0 Å². The lowest BCUT2D eigenvalue weighted by Gasteiger charge is -2.62. The van der Waals surface area contributed by atoms with Crippen LogP contribution in [0.5, 0.6) is 0 Å². The van der Waals surface area contributed by atoms with Crippen molar-refractivity contribution in [2.45, 2.75) is 85.0 Å². The predicted octanol–water partition coefficient (Wildman–Crippen LogP) is 6.99. The maximum Gasteiger partial charge on any atom is -0.00363 e. The van der Waals surface area contributed by atoms with Gasteiger partial charge in [0.1, 0.15) is 0 Å². The van der Waals surface area contributed by atoms with Gasteiger partial charge in [0.15, 0.2) is 0 Å². The van der Waals surface area contributed by atoms with E-state index in [0.717, 1.165) is 11.8 Å². The van der Waals surface area contributed by atoms with Gasteiger partial charge < -0.3 is 0 Å². The van der Waals surface area contributed by atoms with Crippen LogP contribution in [0.15, 0.2) is 30.3 Å². The smallest absolute Gasteiger partial charge is 0.00363 e. The van der Waals surface area contributed by atoms with Crippen molar-refractivity contribution in [2.24, 2.45) is 22.7 Å². The summed E-state index contributed by atoms with van der Waals surface area (Å²) in [5, 5.41) is 0. The van der Waals surface area contributed by atoms with E-state index in [0.29, 0.717) is 16.2 Å². The third-order valence-electron chi connectivity index (χ3n) is 7.50. The molecule has 4 unspecified atom stereocenters. The highest BCUT2D eigenvalue weighted by Crippen LogP contribution is 2.65. The van der Waals surface area contributed by atoms with Crippen molar-refractivity contribution >= 4 is 0 Å². The van der Waals surface area contributed by atoms with Crippen molar-refractivity contribution in [3.63, 3.8) is 0 Å². The fraction of sp³-hybridized carbons (Fsp3) is 0.739. The number of benzene rings is 1. The molecule has 4 atom stereocenters. The Morgan fingerprint density at radius 2 is 1.70 bits per heavy atom. The average Bonchev–Trinajstić information content (AvgIpc) is 2.51. The molecule has 0 aromatic heterocycles. The molecule has 3 rings (SSSR count). The fourth-order valence-corrected chi connectivity index (χ4v) is 6.88. The quantitative estimate of drug-likeness (QED) is 0.562. The summed E-state index contributed by atoms with van der Waals surface area (Å²) in [6.45, 7) is 12.5. The molecule has 0 heteroatoms. The monoisotopic (exact) mass is 312 g/mol. The highest BCUT2D eigenvalue weighted by atomic mass is 14.6. The number of hydrogen-bond donors (Lipinski definition) is 0. The van der Waals surface area contributed by atoms with Gasteiger partial charge in [0.2, 0.25) is 0 Å². The van der Waals surface area contributed by atoms with E-state index >= 15 is 0 Å². The summed E-state index contributed by atoms with van der Waals surface area (Å²) in [5.41, 5.74) is 3.11. The molecule has 0 saturated heterocycles. The van der Waals surface area contributed by atoms with Gasteiger partial charge in [-0.25, -0.2) is 0 Å². The summed E-state index contributed by atoms with van der Waals surface area (Å²) in [6.07, 6.45) is 9.76. The Bertz CT molecular complexity index is 524. The van der Waals surface area contributed by atoms with Gasteiger partial charge in [-0.05, 0) is 72.2 Å². The van der Waals surface area contributed by atoms with Crippen LogP contribution < -0.4 is 0 Å². The lowest BCUT2D eigenvalue weighted by molar-refractivity contribution is -0.0866. The van der Waals surface area contributed by atoms with E-state index in [1.54, 1.807) is 5.56 Å². The van der Waals surface area contributed by atoms with Crippen molar-refractivity contribution in [1.29, 1.82) is 0 Å². The second kappa shape index (κ2) is 5.94. The highest BCUT2D eigenvalue weighted by Gasteiger charge is 2.57. The van der Waals surface area contributed by atoms with Gasteiger partial charge in [-0.3, -0.25) is 0 Å². The van der Waals surface area contributed by atoms with E-state index in [2.05, 4.69) is 65.0 Å². The van der Waals surface area contributed by atoms with Crippen LogP contribution in [-0.2, 0) is 5.41 Å². The average molecular weight is 313 g/mol. The first-order chi connectivity index (χ1) is 10.9. The summed E-state index contributed by atoms with van der Waals surface area (Å²) in [4.78, 5) is 0. The maximum absolute atomic E-state index is 2.57. The molecule has 0 heterocycles. The lowest BCUT2D eigenvalue weighted by atomic mass is 9.42. The second-order valence-electron chi connectivity index (χ2n) is 9.53. The molecule has 2 aliphatic carbocycles. The Morgan fingerprint density at radius 3 is 2.30 bits per heavy atom. The molecule has 0 aliphatic heterocycles. The van der Waals surface area contributed by atoms with Crippen LogP contribution in [0.3, 0.4) is 0 Å². The molecule has 0 N–H and O–H groups in total. The van der Waals surface area contributed by atoms with Crippen molar-refractivity contribution in [2.75, 3.05) is 0 Å². The molecule has 0 radical (unpaired) electrons. The summed E-state index contributed by atoms with van der Waals surface area (Å²) >= 11 is 0. The van der Waals surface area contributed by atoms with Gasteiger partial charge in [-0.2, -0.15) is 0 Å². The lowest BCUT2D eigenvalue weighted by Crippen LogP contribution is -2.54. The zero-order chi connectivity index (χ0) is 16.7. The summed E-state index contributed by atoms with van der Waals surface area (Å²) < 4.78 is 0. The Balaban J connectivity index is 2.05. The molecular weight excluding hydrogens is 276 g/mol. The molecule has 128 valence electrons. The van der Waals surface area contributed by atoms with Crippen molar-refractivity contribution in [3.05, 3.63) is 35.9 Å². The van der Waals surface area contributed by atoms with Gasteiger partial charge >= 0.3 is 0 Å². The molecular formula is C23H36. The molecule has 0 amide bonds. The first-order valence-electron chi connectivity index (χ1n) is 9.93. The molecule has 1 aromatic carbocycles. The predicted molar refractivity (Wildman–Crippen MR) is 101 cm³/mol. The first kappa shape index (κ1) is 17.1. The van der Waals surface area contributed by atoms with Crippen LogP contribution in [0.1, 0.15) is 85.1 Å². The van der Waals surface area contributed by atoms with Crippen LogP contribution >= 0.6 is 0 Å². The van der Waals surface area contributed by atoms with Crippen LogP contribution in [0, 0.1) is 22.7 Å². The minimum atomic E-state index is 0.430. The van der Waals surface area contributed by atoms with Crippen molar-refractivity contribution < 1.29 is 0 Å². The van der Waals surface area contributed by atoms with Crippen LogP contribution in [0.25, 0.3) is 0 Å². The SMILES string of the molecule is CCCC1(CC)C(C)CC2(c3ccccc3)CC1CC(C)(C)C2. The van der Waals surface area contributed by atoms with Crippen molar-refractivity contribution in [1.82, 2.24) is 0 Å². The molecule has 0 nitrogen and oxygen atoms in total. The van der Waals surface area contributed by atoms with Gasteiger partial charge in [0.25, 0.3) is 0 Å². The van der Waals surface area contributed by atoms with Gasteiger partial charge in [-0.1, -0.05) is 71.4 Å². The van der Waals surface area contributed by atoms with Crippen LogP contribution in [0.4, 0.5) is 0 Å². The second-order valence-corrected chi connectivity index (χ2v) is 9.53. The first-order valence-corrected chi connectivity index (χ1v) is 9.93. The Morgan fingerprint density at radius 1 is 1.00 bits per heavy atom. The molecule has 23 heavy (non-hydrogen) atoms. The largest absolute Gasteiger partial charge is 0.0654 e. The van der Waals surface area contributed by atoms with E-state index in [9.17, 15) is 0 Å². The topological polar surface area (TPSA) is 0 Å². The summed E-state index contributed by atoms with van der Waals surface area (Å²) in [5.74, 6) is 1.75. The van der Waals surface area contributed by atoms with E-state index in [-0.39, 0.29) is 0 Å². The zero-order valence-corrected chi connectivity index (χ0v) is 16.0. The molecule has 2 aliphatic rings. The summed E-state index contributed by atoms with van der Waals surface area (Å²) in [7, 11) is 0. The summed E-state index contributed by atoms with van der Waals surface area (Å²) in [6, 6.07) is 11.5. The maximum atomic E-state index is 2.57. The normalized spacial score (nSPS) is 39.2. The molecule has 2 saturated carbocycles. The minimum Gasteiger partial charge on any atom is -0.0654 e. The van der Waals surface area contributed by atoms with E-state index < -0.39 is 0 Å². The molecule has 1 aromatic rings. The Hall–Kier alpha value is -0.780. The number of fused-ring (bicyclic) bond motifs is 2. The minimum absolute atomic E-state index is 0.430.